The fourth-order valence-corrected chi connectivity index (χ4v) is 8.22. The quantitative estimate of drug-likeness (QED) is 0.0977. The first kappa shape index (κ1) is 43.8. The van der Waals surface area contributed by atoms with E-state index in [0.29, 0.717) is 34.7 Å². The Balaban J connectivity index is 1.78. The third kappa shape index (κ3) is 12.0. The third-order valence-electron chi connectivity index (χ3n) is 9.30. The zero-order chi connectivity index (χ0) is 40.6. The molecule has 1 aliphatic carbocycles. The van der Waals surface area contributed by atoms with Crippen molar-refractivity contribution in [3.05, 3.63) is 83.1 Å². The number of fused-ring (bicyclic) bond motifs is 2. The molecule has 4 rings (SSSR count). The van der Waals surface area contributed by atoms with Gasteiger partial charge in [0.1, 0.15) is 29.0 Å². The predicted molar refractivity (Wildman–Crippen MR) is 199 cm³/mol. The normalized spacial score (nSPS) is 18.3. The first-order valence-corrected chi connectivity index (χ1v) is 21.8. The Morgan fingerprint density at radius 2 is 1.71 bits per heavy atom. The minimum atomic E-state index is -4.87. The van der Waals surface area contributed by atoms with E-state index in [2.05, 4.69) is 0 Å². The third-order valence-corrected chi connectivity index (χ3v) is 11.7. The van der Waals surface area contributed by atoms with Crippen LogP contribution in [-0.2, 0) is 50.0 Å². The SMILES string of the molecule is COCC(C)[N+](CCCS(=O)(=O)[O-])=c1ccc2c(/C=C/C=C3/N(CCOCCC(=O)O)c4ccc(S(=O)(=O)[O-])cc4C3(C)CCCS(=O)(=O)[O-])ccoc-2c1. The standard InChI is InChI=1S/C36H46N2O14S3/c1-26(25-50-3)37(16-6-22-54(44,45)46)28-9-11-30-27(13-19-52-33(30)23-28)7-4-8-34-36(2,15-5-21-53(41,42)43)31-24-29(55(47,48)49)10-12-32(31)38(34)17-20-51-18-14-35(39)40/h4,7-13,19,23-24,26H,5-6,14-18,20-22,25H2,1-3H3,(H3-,39,40,41,42,43,44,45,46,47,48,49)/p-2. The number of methoxy groups -OCH3 is 1. The van der Waals surface area contributed by atoms with Crippen molar-refractivity contribution in [3.63, 3.8) is 0 Å². The second kappa shape index (κ2) is 18.3. The number of nitrogens with zero attached hydrogens (tertiary/aromatic N) is 2. The van der Waals surface area contributed by atoms with Crippen LogP contribution < -0.4 is 14.8 Å². The molecule has 0 aromatic heterocycles. The number of hydrogen-bond acceptors (Lipinski definition) is 14. The van der Waals surface area contributed by atoms with E-state index < -0.39 is 58.1 Å². The molecule has 0 amide bonds. The number of ether oxygens (including phenoxy) is 2. The number of benzene rings is 2. The molecule has 19 heteroatoms. The molecular formula is C36H44N2O14S3-2. The minimum Gasteiger partial charge on any atom is -0.748 e. The van der Waals surface area contributed by atoms with Crippen molar-refractivity contribution in [2.24, 2.45) is 0 Å². The molecule has 0 saturated heterocycles. The van der Waals surface area contributed by atoms with Crippen LogP contribution in [0.25, 0.3) is 17.4 Å². The van der Waals surface area contributed by atoms with Gasteiger partial charge in [0, 0.05) is 60.0 Å². The summed E-state index contributed by atoms with van der Waals surface area (Å²) in [6.45, 7) is 4.47. The Morgan fingerprint density at radius 3 is 2.36 bits per heavy atom. The number of aliphatic carboxylic acids is 1. The molecule has 0 radical (unpaired) electrons. The van der Waals surface area contributed by atoms with Gasteiger partial charge in [-0.1, -0.05) is 12.2 Å². The first-order valence-electron chi connectivity index (χ1n) is 17.3. The van der Waals surface area contributed by atoms with E-state index in [-0.39, 0.29) is 58.0 Å². The summed E-state index contributed by atoms with van der Waals surface area (Å²) in [4.78, 5) is 12.3. The molecule has 0 bridgehead atoms. The fraction of sp³-hybridized carbons (Fsp3) is 0.444. The Kier molecular flexibility index (Phi) is 14.6. The summed E-state index contributed by atoms with van der Waals surface area (Å²) in [5, 5.41) is 9.72. The predicted octanol–water partition coefficient (Wildman–Crippen LogP) is 2.52. The van der Waals surface area contributed by atoms with Crippen LogP contribution in [0.2, 0.25) is 0 Å². The summed E-state index contributed by atoms with van der Waals surface area (Å²) in [7, 11) is -12.3. The van der Waals surface area contributed by atoms with Crippen molar-refractivity contribution in [3.8, 4) is 11.3 Å². The van der Waals surface area contributed by atoms with Gasteiger partial charge in [0.15, 0.2) is 6.04 Å². The van der Waals surface area contributed by atoms with Crippen LogP contribution >= 0.6 is 0 Å². The second-order valence-corrected chi connectivity index (χ2v) is 17.7. The van der Waals surface area contributed by atoms with Gasteiger partial charge >= 0.3 is 5.97 Å². The zero-order valence-corrected chi connectivity index (χ0v) is 33.0. The van der Waals surface area contributed by atoms with E-state index in [1.165, 1.54) is 24.5 Å². The highest BCUT2D eigenvalue weighted by Gasteiger charge is 2.43. The number of allylic oxidation sites excluding steroid dienone is 3. The number of carboxylic acid groups (broad SMARTS) is 1. The van der Waals surface area contributed by atoms with E-state index in [4.69, 9.17) is 19.0 Å². The number of hydrogen-bond donors (Lipinski definition) is 1. The molecule has 2 unspecified atom stereocenters. The topological polar surface area (TPSA) is 247 Å². The summed E-state index contributed by atoms with van der Waals surface area (Å²) in [6, 6.07) is 11.0. The van der Waals surface area contributed by atoms with Gasteiger partial charge < -0.3 is 37.6 Å². The van der Waals surface area contributed by atoms with Gasteiger partial charge in [-0.15, -0.1) is 0 Å². The van der Waals surface area contributed by atoms with Crippen LogP contribution in [0.4, 0.5) is 5.69 Å². The van der Waals surface area contributed by atoms with Crippen LogP contribution in [0.5, 0.6) is 0 Å². The van der Waals surface area contributed by atoms with Crippen LogP contribution in [-0.4, -0.2) is 108 Å². The van der Waals surface area contributed by atoms with Crippen molar-refractivity contribution >= 4 is 48.1 Å². The Hall–Kier alpha value is -3.95. The molecule has 2 atom stereocenters. The van der Waals surface area contributed by atoms with Crippen molar-refractivity contribution < 1.29 is 62.7 Å². The van der Waals surface area contributed by atoms with Gasteiger partial charge in [0.05, 0.1) is 57.1 Å². The van der Waals surface area contributed by atoms with Gasteiger partial charge in [-0.05, 0) is 74.2 Å². The Bertz CT molecular complexity index is 2280. The number of anilines is 1. The van der Waals surface area contributed by atoms with E-state index in [0.717, 1.165) is 11.1 Å². The lowest BCUT2D eigenvalue weighted by atomic mass is 9.77. The summed E-state index contributed by atoms with van der Waals surface area (Å²) < 4.78 is 123. The molecule has 1 N–H and O–H groups in total. The lowest BCUT2D eigenvalue weighted by Gasteiger charge is -2.30. The highest BCUT2D eigenvalue weighted by atomic mass is 32.2. The monoisotopic (exact) mass is 824 g/mol. The van der Waals surface area contributed by atoms with Crippen molar-refractivity contribution in [2.45, 2.75) is 55.9 Å². The molecule has 55 heavy (non-hydrogen) atoms. The maximum absolute atomic E-state index is 12.1. The summed E-state index contributed by atoms with van der Waals surface area (Å²) in [5.41, 5.74) is 1.90. The van der Waals surface area contributed by atoms with E-state index in [1.807, 2.05) is 28.5 Å². The highest BCUT2D eigenvalue weighted by molar-refractivity contribution is 7.86. The lowest BCUT2D eigenvalue weighted by Crippen LogP contribution is -2.41. The average molecular weight is 825 g/mol. The minimum absolute atomic E-state index is 0.0556. The second-order valence-electron chi connectivity index (χ2n) is 13.3. The van der Waals surface area contributed by atoms with E-state index in [1.54, 1.807) is 44.4 Å². The van der Waals surface area contributed by atoms with Crippen LogP contribution in [0.3, 0.4) is 0 Å². The highest BCUT2D eigenvalue weighted by Crippen LogP contribution is 2.51. The van der Waals surface area contributed by atoms with Gasteiger partial charge in [-0.3, -0.25) is 4.79 Å². The van der Waals surface area contributed by atoms with E-state index >= 15 is 0 Å². The Labute approximate surface area is 321 Å². The molecule has 1 aromatic rings. The molecule has 0 saturated carbocycles. The molecular weight excluding hydrogens is 781 g/mol. The number of rotatable bonds is 20. The maximum Gasteiger partial charge on any atom is 0.305 e. The van der Waals surface area contributed by atoms with Crippen molar-refractivity contribution in [1.82, 2.24) is 4.58 Å². The van der Waals surface area contributed by atoms with E-state index in [9.17, 15) is 43.7 Å². The molecule has 16 nitrogen and oxygen atoms in total. The van der Waals surface area contributed by atoms with Crippen LogP contribution in [0, 0.1) is 0 Å². The molecule has 1 aromatic carbocycles. The Morgan fingerprint density at radius 1 is 1.00 bits per heavy atom. The van der Waals surface area contributed by atoms with Crippen LogP contribution in [0.15, 0.2) is 75.9 Å². The summed E-state index contributed by atoms with van der Waals surface area (Å²) in [5.74, 6) is -1.71. The lowest BCUT2D eigenvalue weighted by molar-refractivity contribution is -0.138. The van der Waals surface area contributed by atoms with Gasteiger partial charge in [-0.25, -0.2) is 29.8 Å². The molecule has 2 aliphatic heterocycles. The molecule has 0 fully saturated rings. The van der Waals surface area contributed by atoms with Crippen molar-refractivity contribution in [1.29, 1.82) is 0 Å². The van der Waals surface area contributed by atoms with Crippen LogP contribution in [0.1, 0.15) is 50.7 Å². The molecule has 2 heterocycles. The summed E-state index contributed by atoms with van der Waals surface area (Å²) >= 11 is 0. The number of carbonyl (C=O) groups is 1. The number of carboxylic acids is 1. The summed E-state index contributed by atoms with van der Waals surface area (Å²) in [6.07, 6.45) is 6.72. The smallest absolute Gasteiger partial charge is 0.305 e. The van der Waals surface area contributed by atoms with Gasteiger partial charge in [0.2, 0.25) is 5.36 Å². The largest absolute Gasteiger partial charge is 0.748 e. The van der Waals surface area contributed by atoms with Gasteiger partial charge in [0.25, 0.3) is 0 Å². The molecule has 302 valence electrons. The molecule has 3 aliphatic rings. The average Bonchev–Trinajstić information content (AvgIpc) is 3.31. The van der Waals surface area contributed by atoms with Gasteiger partial charge in [-0.2, -0.15) is 0 Å². The maximum atomic E-state index is 12.1. The zero-order valence-electron chi connectivity index (χ0n) is 30.6. The fourth-order valence-electron chi connectivity index (χ4n) is 6.74. The van der Waals surface area contributed by atoms with Crippen molar-refractivity contribution in [2.75, 3.05) is 56.4 Å². The first-order chi connectivity index (χ1) is 25.7. The molecule has 0 spiro atoms.